The molecule has 1 aliphatic carbocycles. The lowest BCUT2D eigenvalue weighted by atomic mass is 9.66. The maximum Gasteiger partial charge on any atom is 0.164 e. The number of aromatic nitrogens is 3. The van der Waals surface area contributed by atoms with Crippen molar-refractivity contribution >= 4 is 10.8 Å². The largest absolute Gasteiger partial charge is 0.208 e. The van der Waals surface area contributed by atoms with E-state index in [-0.39, 0.29) is 0 Å². The summed E-state index contributed by atoms with van der Waals surface area (Å²) in [5, 5.41) is 2.51. The first-order chi connectivity index (χ1) is 23.3. The summed E-state index contributed by atoms with van der Waals surface area (Å²) in [6, 6.07) is 62.3. The van der Waals surface area contributed by atoms with Crippen LogP contribution in [0.1, 0.15) is 22.3 Å². The van der Waals surface area contributed by atoms with Gasteiger partial charge in [0.2, 0.25) is 0 Å². The van der Waals surface area contributed by atoms with Crippen molar-refractivity contribution in [3.8, 4) is 45.3 Å². The van der Waals surface area contributed by atoms with Gasteiger partial charge >= 0.3 is 0 Å². The number of benzene rings is 7. The number of rotatable bonds is 5. The molecular weight excluding hydrogens is 571 g/mol. The van der Waals surface area contributed by atoms with E-state index < -0.39 is 5.41 Å². The van der Waals surface area contributed by atoms with Gasteiger partial charge in [0.1, 0.15) is 0 Å². The summed E-state index contributed by atoms with van der Waals surface area (Å²) in [6.45, 7) is 0. The molecule has 0 spiro atoms. The van der Waals surface area contributed by atoms with Gasteiger partial charge in [-0.3, -0.25) is 0 Å². The van der Waals surface area contributed by atoms with Crippen molar-refractivity contribution < 1.29 is 0 Å². The van der Waals surface area contributed by atoms with E-state index in [0.29, 0.717) is 17.5 Å². The topological polar surface area (TPSA) is 38.7 Å². The van der Waals surface area contributed by atoms with Gasteiger partial charge in [0.25, 0.3) is 0 Å². The smallest absolute Gasteiger partial charge is 0.164 e. The van der Waals surface area contributed by atoms with Crippen LogP contribution in [-0.4, -0.2) is 15.0 Å². The minimum Gasteiger partial charge on any atom is -0.208 e. The molecule has 3 heteroatoms. The third-order valence-electron chi connectivity index (χ3n) is 9.41. The average Bonchev–Trinajstić information content (AvgIpc) is 3.47. The van der Waals surface area contributed by atoms with Crippen molar-refractivity contribution in [2.75, 3.05) is 0 Å². The molecule has 8 aromatic rings. The summed E-state index contributed by atoms with van der Waals surface area (Å²) >= 11 is 0. The summed E-state index contributed by atoms with van der Waals surface area (Å²) < 4.78 is 0. The van der Waals surface area contributed by atoms with Gasteiger partial charge in [-0.15, -0.1) is 0 Å². The minimum atomic E-state index is -0.504. The van der Waals surface area contributed by atoms with Crippen molar-refractivity contribution in [1.82, 2.24) is 15.0 Å². The Kier molecular flexibility index (Phi) is 6.36. The van der Waals surface area contributed by atoms with E-state index in [9.17, 15) is 0 Å². The molecule has 3 nitrogen and oxygen atoms in total. The second kappa shape index (κ2) is 11.0. The lowest BCUT2D eigenvalue weighted by Crippen LogP contribution is -2.28. The van der Waals surface area contributed by atoms with Crippen molar-refractivity contribution in [2.45, 2.75) is 5.41 Å². The fourth-order valence-electron chi connectivity index (χ4n) is 7.34. The van der Waals surface area contributed by atoms with Crippen molar-refractivity contribution in [3.05, 3.63) is 198 Å². The van der Waals surface area contributed by atoms with Crippen LogP contribution >= 0.6 is 0 Å². The average molecular weight is 600 g/mol. The van der Waals surface area contributed by atoms with E-state index in [1.165, 1.54) is 44.2 Å². The Morgan fingerprint density at radius 2 is 0.830 bits per heavy atom. The molecule has 0 bridgehead atoms. The highest BCUT2D eigenvalue weighted by Crippen LogP contribution is 2.58. The van der Waals surface area contributed by atoms with Crippen LogP contribution < -0.4 is 0 Å². The van der Waals surface area contributed by atoms with Crippen molar-refractivity contribution in [3.63, 3.8) is 0 Å². The van der Waals surface area contributed by atoms with Gasteiger partial charge in [-0.2, -0.15) is 0 Å². The SMILES string of the molecule is c1ccc(-c2nc(-c3ccccc3)nc(-c3ccc(C4(c5ccccc5)c5ccccc5-c5ccc6ccccc6c54)cc3)n2)cc1. The molecule has 1 aliphatic rings. The van der Waals surface area contributed by atoms with Crippen LogP contribution in [0.3, 0.4) is 0 Å². The quantitative estimate of drug-likeness (QED) is 0.198. The molecule has 1 aromatic heterocycles. The maximum atomic E-state index is 4.99. The molecule has 1 atom stereocenters. The van der Waals surface area contributed by atoms with Gasteiger partial charge in [-0.05, 0) is 44.2 Å². The van der Waals surface area contributed by atoms with Gasteiger partial charge in [-0.25, -0.2) is 15.0 Å². The van der Waals surface area contributed by atoms with Crippen LogP contribution in [0.5, 0.6) is 0 Å². The Morgan fingerprint density at radius 1 is 0.340 bits per heavy atom. The molecule has 0 amide bonds. The normalized spacial score (nSPS) is 14.9. The predicted molar refractivity (Wildman–Crippen MR) is 191 cm³/mol. The van der Waals surface area contributed by atoms with E-state index in [4.69, 9.17) is 15.0 Å². The van der Waals surface area contributed by atoms with Gasteiger partial charge in [-0.1, -0.05) is 176 Å². The number of hydrogen-bond acceptors (Lipinski definition) is 3. The minimum absolute atomic E-state index is 0.504. The van der Waals surface area contributed by atoms with Crippen LogP contribution in [0.4, 0.5) is 0 Å². The molecule has 0 saturated carbocycles. The summed E-state index contributed by atoms with van der Waals surface area (Å²) in [7, 11) is 0. The Bertz CT molecular complexity index is 2330. The first kappa shape index (κ1) is 27.1. The predicted octanol–water partition coefficient (Wildman–Crippen LogP) is 10.4. The molecule has 0 N–H and O–H groups in total. The second-order valence-corrected chi connectivity index (χ2v) is 12.0. The zero-order valence-electron chi connectivity index (χ0n) is 25.6. The molecular formula is C44H29N3. The third-order valence-corrected chi connectivity index (χ3v) is 9.41. The zero-order chi connectivity index (χ0) is 31.2. The molecule has 0 saturated heterocycles. The Labute approximate surface area is 273 Å². The molecule has 7 aromatic carbocycles. The Balaban J connectivity index is 1.27. The molecule has 47 heavy (non-hydrogen) atoms. The lowest BCUT2D eigenvalue weighted by Gasteiger charge is -2.34. The van der Waals surface area contributed by atoms with Gasteiger partial charge in [0.05, 0.1) is 5.41 Å². The zero-order valence-corrected chi connectivity index (χ0v) is 25.6. The standard InChI is InChI=1S/C44H29N3/c1-4-15-31(16-5-1)41-45-42(32-17-6-2-7-18-32)47-43(46-41)33-24-27-35(28-25-33)44(34-19-8-3-9-20-34)39-23-13-12-22-37(39)38-29-26-30-14-10-11-21-36(30)40(38)44/h1-29H. The van der Waals surface area contributed by atoms with E-state index in [1.807, 2.05) is 60.7 Å². The van der Waals surface area contributed by atoms with Gasteiger partial charge in [0, 0.05) is 16.7 Å². The first-order valence-corrected chi connectivity index (χ1v) is 16.0. The Hall–Kier alpha value is -6.19. The number of nitrogens with zero attached hydrogens (tertiary/aromatic N) is 3. The van der Waals surface area contributed by atoms with E-state index in [2.05, 4.69) is 115 Å². The summed E-state index contributed by atoms with van der Waals surface area (Å²) in [6.07, 6.45) is 0. The summed E-state index contributed by atoms with van der Waals surface area (Å²) in [4.78, 5) is 14.9. The monoisotopic (exact) mass is 599 g/mol. The molecule has 0 fully saturated rings. The van der Waals surface area contributed by atoms with Crippen LogP contribution in [0.15, 0.2) is 176 Å². The van der Waals surface area contributed by atoms with Gasteiger partial charge in [0.15, 0.2) is 17.5 Å². The second-order valence-electron chi connectivity index (χ2n) is 12.0. The van der Waals surface area contributed by atoms with E-state index in [1.54, 1.807) is 0 Å². The molecule has 0 radical (unpaired) electrons. The summed E-state index contributed by atoms with van der Waals surface area (Å²) in [5.74, 6) is 1.96. The number of hydrogen-bond donors (Lipinski definition) is 0. The van der Waals surface area contributed by atoms with Gasteiger partial charge < -0.3 is 0 Å². The van der Waals surface area contributed by atoms with E-state index in [0.717, 1.165) is 16.7 Å². The fourth-order valence-corrected chi connectivity index (χ4v) is 7.34. The molecule has 1 unspecified atom stereocenters. The highest BCUT2D eigenvalue weighted by molar-refractivity contribution is 6.00. The van der Waals surface area contributed by atoms with Crippen LogP contribution in [0, 0.1) is 0 Å². The number of fused-ring (bicyclic) bond motifs is 5. The van der Waals surface area contributed by atoms with E-state index >= 15 is 0 Å². The molecule has 220 valence electrons. The highest BCUT2D eigenvalue weighted by atomic mass is 15.0. The van der Waals surface area contributed by atoms with Crippen LogP contribution in [-0.2, 0) is 5.41 Å². The Morgan fingerprint density at radius 3 is 1.47 bits per heavy atom. The molecule has 9 rings (SSSR count). The van der Waals surface area contributed by atoms with Crippen LogP contribution in [0.2, 0.25) is 0 Å². The summed E-state index contributed by atoms with van der Waals surface area (Å²) in [5.41, 5.74) is 9.98. The van der Waals surface area contributed by atoms with Crippen LogP contribution in [0.25, 0.3) is 56.1 Å². The first-order valence-electron chi connectivity index (χ1n) is 16.0. The maximum absolute atomic E-state index is 4.99. The molecule has 0 aliphatic heterocycles. The van der Waals surface area contributed by atoms with Crippen molar-refractivity contribution in [1.29, 1.82) is 0 Å². The third kappa shape index (κ3) is 4.32. The molecule has 1 heterocycles. The van der Waals surface area contributed by atoms with Crippen molar-refractivity contribution in [2.24, 2.45) is 0 Å². The highest BCUT2D eigenvalue weighted by Gasteiger charge is 2.47. The lowest BCUT2D eigenvalue weighted by molar-refractivity contribution is 0.775. The fraction of sp³-hybridized carbons (Fsp3) is 0.0227.